The molecule has 3 rings (SSSR count). The standard InChI is InChI=1S/C15H16N4O3/c20-14-4-1-11(9-17-14)15(21)18-12-2-3-13(16-10-12)19-5-7-22-8-6-19/h1-4,9-10H,5-8H2,(H,17,20)(H,18,21). The number of nitrogens with one attached hydrogen (secondary N) is 2. The van der Waals surface area contributed by atoms with Crippen molar-refractivity contribution >= 4 is 17.4 Å². The van der Waals surface area contributed by atoms with Crippen molar-refractivity contribution < 1.29 is 9.53 Å². The zero-order valence-electron chi connectivity index (χ0n) is 11.9. The van der Waals surface area contributed by atoms with Crippen molar-refractivity contribution in [3.05, 3.63) is 52.6 Å². The van der Waals surface area contributed by atoms with E-state index < -0.39 is 0 Å². The molecule has 1 saturated heterocycles. The van der Waals surface area contributed by atoms with Crippen LogP contribution in [0.4, 0.5) is 11.5 Å². The first-order chi connectivity index (χ1) is 10.7. The van der Waals surface area contributed by atoms with E-state index in [0.717, 1.165) is 18.9 Å². The number of hydrogen-bond donors (Lipinski definition) is 2. The van der Waals surface area contributed by atoms with Crippen LogP contribution in [0.25, 0.3) is 0 Å². The lowest BCUT2D eigenvalue weighted by atomic mass is 10.2. The summed E-state index contributed by atoms with van der Waals surface area (Å²) in [7, 11) is 0. The molecule has 7 nitrogen and oxygen atoms in total. The molecule has 0 unspecified atom stereocenters. The quantitative estimate of drug-likeness (QED) is 0.878. The Hall–Kier alpha value is -2.67. The minimum absolute atomic E-state index is 0.243. The number of pyridine rings is 2. The maximum atomic E-state index is 12.0. The van der Waals surface area contributed by atoms with Crippen LogP contribution in [0.3, 0.4) is 0 Å². The zero-order chi connectivity index (χ0) is 15.4. The number of ether oxygens (including phenoxy) is 1. The average molecular weight is 300 g/mol. The SMILES string of the molecule is O=C(Nc1ccc(N2CCOCC2)nc1)c1ccc(=O)[nH]c1. The molecule has 1 fully saturated rings. The van der Waals surface area contributed by atoms with Gasteiger partial charge in [0.05, 0.1) is 30.7 Å². The molecule has 0 spiro atoms. The molecular formula is C15H16N4O3. The van der Waals surface area contributed by atoms with Crippen molar-refractivity contribution in [2.75, 3.05) is 36.5 Å². The Kier molecular flexibility index (Phi) is 4.15. The van der Waals surface area contributed by atoms with E-state index in [0.29, 0.717) is 24.5 Å². The smallest absolute Gasteiger partial charge is 0.257 e. The normalized spacial score (nSPS) is 14.6. The number of morpholine rings is 1. The van der Waals surface area contributed by atoms with Crippen LogP contribution in [0.5, 0.6) is 0 Å². The number of aromatic nitrogens is 2. The summed E-state index contributed by atoms with van der Waals surface area (Å²) in [5, 5.41) is 2.74. The summed E-state index contributed by atoms with van der Waals surface area (Å²) in [5.74, 6) is 0.572. The van der Waals surface area contributed by atoms with Crippen LogP contribution in [-0.4, -0.2) is 42.2 Å². The predicted octanol–water partition coefficient (Wildman–Crippen LogP) is 0.859. The second kappa shape index (κ2) is 6.40. The molecule has 0 aliphatic carbocycles. The fourth-order valence-electron chi connectivity index (χ4n) is 2.19. The average Bonchev–Trinajstić information content (AvgIpc) is 2.57. The van der Waals surface area contributed by atoms with E-state index in [1.54, 1.807) is 12.3 Å². The van der Waals surface area contributed by atoms with Crippen LogP contribution < -0.4 is 15.8 Å². The third-order valence-electron chi connectivity index (χ3n) is 3.39. The molecule has 3 heterocycles. The van der Waals surface area contributed by atoms with E-state index in [1.165, 1.54) is 18.3 Å². The molecule has 1 aliphatic rings. The van der Waals surface area contributed by atoms with Gasteiger partial charge < -0.3 is 19.9 Å². The first-order valence-electron chi connectivity index (χ1n) is 7.01. The lowest BCUT2D eigenvalue weighted by molar-refractivity contribution is 0.102. The molecule has 1 aliphatic heterocycles. The van der Waals surface area contributed by atoms with Crippen molar-refractivity contribution in [2.45, 2.75) is 0 Å². The topological polar surface area (TPSA) is 87.3 Å². The summed E-state index contributed by atoms with van der Waals surface area (Å²) < 4.78 is 5.30. The summed E-state index contributed by atoms with van der Waals surface area (Å²) in [4.78, 5) is 32.0. The number of hydrogen-bond acceptors (Lipinski definition) is 5. The molecule has 2 N–H and O–H groups in total. The van der Waals surface area contributed by atoms with Crippen LogP contribution >= 0.6 is 0 Å². The van der Waals surface area contributed by atoms with Gasteiger partial charge in [-0.05, 0) is 18.2 Å². The summed E-state index contributed by atoms with van der Waals surface area (Å²) in [6, 6.07) is 6.47. The maximum absolute atomic E-state index is 12.0. The lowest BCUT2D eigenvalue weighted by Crippen LogP contribution is -2.36. The first kappa shape index (κ1) is 14.3. The number of nitrogens with zero attached hydrogens (tertiary/aromatic N) is 2. The van der Waals surface area contributed by atoms with Crippen LogP contribution in [-0.2, 0) is 4.74 Å². The maximum Gasteiger partial charge on any atom is 0.257 e. The summed E-state index contributed by atoms with van der Waals surface area (Å²) >= 11 is 0. The Labute approximate surface area is 126 Å². The number of anilines is 2. The van der Waals surface area contributed by atoms with Gasteiger partial charge in [0.25, 0.3) is 5.91 Å². The largest absolute Gasteiger partial charge is 0.378 e. The zero-order valence-corrected chi connectivity index (χ0v) is 11.9. The Bertz CT molecular complexity index is 685. The Morgan fingerprint density at radius 2 is 2.05 bits per heavy atom. The molecule has 1 amide bonds. The van der Waals surface area contributed by atoms with Gasteiger partial charge in [-0.3, -0.25) is 9.59 Å². The molecule has 0 atom stereocenters. The highest BCUT2D eigenvalue weighted by molar-refractivity contribution is 6.03. The van der Waals surface area contributed by atoms with Crippen LogP contribution in [0, 0.1) is 0 Å². The van der Waals surface area contributed by atoms with Crippen LogP contribution in [0.2, 0.25) is 0 Å². The van der Waals surface area contributed by atoms with E-state index >= 15 is 0 Å². The second-order valence-electron chi connectivity index (χ2n) is 4.90. The van der Waals surface area contributed by atoms with Gasteiger partial charge in [-0.2, -0.15) is 0 Å². The number of rotatable bonds is 3. The molecular weight excluding hydrogens is 284 g/mol. The van der Waals surface area contributed by atoms with Crippen molar-refractivity contribution in [3.63, 3.8) is 0 Å². The first-order valence-corrected chi connectivity index (χ1v) is 7.01. The molecule has 0 saturated carbocycles. The van der Waals surface area contributed by atoms with E-state index in [2.05, 4.69) is 20.2 Å². The fraction of sp³-hybridized carbons (Fsp3) is 0.267. The molecule has 0 bridgehead atoms. The lowest BCUT2D eigenvalue weighted by Gasteiger charge is -2.27. The van der Waals surface area contributed by atoms with E-state index in [9.17, 15) is 9.59 Å². The van der Waals surface area contributed by atoms with Gasteiger partial charge >= 0.3 is 0 Å². The highest BCUT2D eigenvalue weighted by Gasteiger charge is 2.12. The number of carbonyl (C=O) groups excluding carboxylic acids is 1. The fourth-order valence-corrected chi connectivity index (χ4v) is 2.19. The van der Waals surface area contributed by atoms with Crippen molar-refractivity contribution in [1.29, 1.82) is 0 Å². The number of amides is 1. The number of H-pyrrole nitrogens is 1. The Morgan fingerprint density at radius 3 is 2.68 bits per heavy atom. The minimum atomic E-state index is -0.294. The minimum Gasteiger partial charge on any atom is -0.378 e. The molecule has 7 heteroatoms. The molecule has 2 aromatic heterocycles. The molecule has 0 aromatic carbocycles. The summed E-state index contributed by atoms with van der Waals surface area (Å²) in [6.07, 6.45) is 3.00. The summed E-state index contributed by atoms with van der Waals surface area (Å²) in [5.41, 5.74) is 0.748. The number of carbonyl (C=O) groups is 1. The predicted molar refractivity (Wildman–Crippen MR) is 82.3 cm³/mol. The summed E-state index contributed by atoms with van der Waals surface area (Å²) in [6.45, 7) is 3.03. The van der Waals surface area contributed by atoms with Crippen LogP contribution in [0.1, 0.15) is 10.4 Å². The van der Waals surface area contributed by atoms with Crippen molar-refractivity contribution in [2.24, 2.45) is 0 Å². The van der Waals surface area contributed by atoms with Gasteiger partial charge in [-0.25, -0.2) is 4.98 Å². The van der Waals surface area contributed by atoms with E-state index in [4.69, 9.17) is 4.74 Å². The van der Waals surface area contributed by atoms with Gasteiger partial charge in [0, 0.05) is 25.4 Å². The van der Waals surface area contributed by atoms with Gasteiger partial charge in [0.2, 0.25) is 5.56 Å². The van der Waals surface area contributed by atoms with Crippen molar-refractivity contribution in [3.8, 4) is 0 Å². The molecule has 2 aromatic rings. The van der Waals surface area contributed by atoms with Gasteiger partial charge in [0.15, 0.2) is 0 Å². The molecule has 22 heavy (non-hydrogen) atoms. The highest BCUT2D eigenvalue weighted by Crippen LogP contribution is 2.15. The van der Waals surface area contributed by atoms with E-state index in [-0.39, 0.29) is 11.5 Å². The van der Waals surface area contributed by atoms with Crippen LogP contribution in [0.15, 0.2) is 41.5 Å². The van der Waals surface area contributed by atoms with E-state index in [1.807, 2.05) is 6.07 Å². The Balaban J connectivity index is 1.66. The third-order valence-corrected chi connectivity index (χ3v) is 3.39. The van der Waals surface area contributed by atoms with Gasteiger partial charge in [-0.15, -0.1) is 0 Å². The van der Waals surface area contributed by atoms with Crippen molar-refractivity contribution in [1.82, 2.24) is 9.97 Å². The third kappa shape index (κ3) is 3.32. The number of aromatic amines is 1. The Morgan fingerprint density at radius 1 is 1.23 bits per heavy atom. The van der Waals surface area contributed by atoms with Gasteiger partial charge in [0.1, 0.15) is 5.82 Å². The molecule has 0 radical (unpaired) electrons. The van der Waals surface area contributed by atoms with Gasteiger partial charge in [-0.1, -0.05) is 0 Å². The molecule has 114 valence electrons. The monoisotopic (exact) mass is 300 g/mol. The highest BCUT2D eigenvalue weighted by atomic mass is 16.5. The second-order valence-corrected chi connectivity index (χ2v) is 4.90.